The van der Waals surface area contributed by atoms with Crippen molar-refractivity contribution in [1.82, 2.24) is 0 Å². The lowest BCUT2D eigenvalue weighted by molar-refractivity contribution is 0.387. The Balaban J connectivity index is 2.82. The average Bonchev–Trinajstić information content (AvgIpc) is 1.69. The minimum Gasteiger partial charge on any atom is -0.290 e. The first-order chi connectivity index (χ1) is 3.41. The zero-order chi connectivity index (χ0) is 5.54. The predicted octanol–water partition coefficient (Wildman–Crippen LogP) is 1.79. The van der Waals surface area contributed by atoms with Crippen molar-refractivity contribution in [2.24, 2.45) is 0 Å². The van der Waals surface area contributed by atoms with E-state index in [1.807, 2.05) is 13.0 Å². The Morgan fingerprint density at radius 2 is 2.57 bits per heavy atom. The minimum atomic E-state index is -0.247. The van der Waals surface area contributed by atoms with Gasteiger partial charge in [-0.15, -0.1) is 0 Å². The van der Waals surface area contributed by atoms with E-state index in [9.17, 15) is 4.57 Å². The molecule has 0 aromatic heterocycles. The van der Waals surface area contributed by atoms with Gasteiger partial charge >= 0.3 is 8.69 Å². The summed E-state index contributed by atoms with van der Waals surface area (Å²) in [6.07, 6.45) is 3.62. The molecule has 0 rings (SSSR count). The van der Waals surface area contributed by atoms with Crippen LogP contribution in [-0.2, 0) is 9.09 Å². The molecule has 0 heterocycles. The number of hydrogen-bond donors (Lipinski definition) is 0. The Morgan fingerprint density at radius 1 is 1.86 bits per heavy atom. The molecular weight excluding hydrogens is 111 g/mol. The maximum absolute atomic E-state index is 9.52. The lowest BCUT2D eigenvalue weighted by Gasteiger charge is -1.78. The molecule has 0 aromatic rings. The van der Waals surface area contributed by atoms with Crippen LogP contribution in [0.5, 0.6) is 0 Å². The normalized spacial score (nSPS) is 11.0. The van der Waals surface area contributed by atoms with E-state index in [0.29, 0.717) is 6.61 Å². The van der Waals surface area contributed by atoms with E-state index in [0.717, 1.165) is 0 Å². The second-order valence-electron chi connectivity index (χ2n) is 0.939. The molecule has 0 saturated heterocycles. The summed E-state index contributed by atoms with van der Waals surface area (Å²) in [5.74, 6) is 0. The van der Waals surface area contributed by atoms with Gasteiger partial charge in [0.05, 0.1) is 6.61 Å². The number of hydrogen-bond acceptors (Lipinski definition) is 2. The molecule has 0 unspecified atom stereocenters. The fourth-order valence-electron chi connectivity index (χ4n) is 0.170. The van der Waals surface area contributed by atoms with E-state index < -0.39 is 0 Å². The summed E-state index contributed by atoms with van der Waals surface area (Å²) >= 11 is 0. The maximum atomic E-state index is 9.52. The van der Waals surface area contributed by atoms with E-state index in [2.05, 4.69) is 4.52 Å². The van der Waals surface area contributed by atoms with Gasteiger partial charge in [-0.25, -0.2) is 4.57 Å². The third kappa shape index (κ3) is 5.80. The Morgan fingerprint density at radius 3 is 3.00 bits per heavy atom. The van der Waals surface area contributed by atoms with E-state index in [4.69, 9.17) is 0 Å². The van der Waals surface area contributed by atoms with Crippen LogP contribution in [0.1, 0.15) is 6.92 Å². The second-order valence-corrected chi connectivity index (χ2v) is 1.35. The smallest absolute Gasteiger partial charge is 0.290 e. The van der Waals surface area contributed by atoms with Crippen LogP contribution in [0.2, 0.25) is 0 Å². The Kier molecular flexibility index (Phi) is 5.63. The largest absolute Gasteiger partial charge is 0.327 e. The van der Waals surface area contributed by atoms with Gasteiger partial charge in [0.15, 0.2) is 0 Å². The SMILES string of the molecule is CC=CCOP=O. The molecule has 0 aliphatic carbocycles. The van der Waals surface area contributed by atoms with Gasteiger partial charge in [-0.2, -0.15) is 0 Å². The van der Waals surface area contributed by atoms with Crippen molar-refractivity contribution >= 4 is 8.69 Å². The van der Waals surface area contributed by atoms with Crippen LogP contribution < -0.4 is 0 Å². The predicted molar refractivity (Wildman–Crippen MR) is 28.4 cm³/mol. The van der Waals surface area contributed by atoms with Gasteiger partial charge < -0.3 is 0 Å². The molecule has 0 bridgehead atoms. The summed E-state index contributed by atoms with van der Waals surface area (Å²) in [6, 6.07) is 0. The number of allylic oxidation sites excluding steroid dienone is 1. The monoisotopic (exact) mass is 118 g/mol. The first-order valence-corrected chi connectivity index (χ1v) is 2.70. The molecule has 0 aliphatic rings. The Bertz CT molecular complexity index is 70.1. The van der Waals surface area contributed by atoms with Crippen LogP contribution in [0.4, 0.5) is 0 Å². The van der Waals surface area contributed by atoms with E-state index in [-0.39, 0.29) is 8.69 Å². The highest BCUT2D eigenvalue weighted by molar-refractivity contribution is 7.17. The third-order valence-electron chi connectivity index (χ3n) is 0.459. The van der Waals surface area contributed by atoms with Crippen molar-refractivity contribution in [2.75, 3.05) is 6.61 Å². The first kappa shape index (κ1) is 6.80. The van der Waals surface area contributed by atoms with Gasteiger partial charge in [0.25, 0.3) is 0 Å². The van der Waals surface area contributed by atoms with Crippen molar-refractivity contribution < 1.29 is 9.09 Å². The van der Waals surface area contributed by atoms with Crippen LogP contribution in [0, 0.1) is 0 Å². The van der Waals surface area contributed by atoms with E-state index >= 15 is 0 Å². The molecule has 0 N–H and O–H groups in total. The molecule has 3 heteroatoms. The van der Waals surface area contributed by atoms with Gasteiger partial charge in [0, 0.05) is 0 Å². The third-order valence-corrected chi connectivity index (χ3v) is 0.714. The van der Waals surface area contributed by atoms with Crippen LogP contribution >= 0.6 is 8.69 Å². The maximum Gasteiger partial charge on any atom is 0.327 e. The topological polar surface area (TPSA) is 26.3 Å². The van der Waals surface area contributed by atoms with Gasteiger partial charge in [-0.3, -0.25) is 4.52 Å². The lowest BCUT2D eigenvalue weighted by atomic mass is 10.6. The Labute approximate surface area is 44.5 Å². The summed E-state index contributed by atoms with van der Waals surface area (Å²) in [5, 5.41) is 0. The quantitative estimate of drug-likeness (QED) is 0.321. The van der Waals surface area contributed by atoms with Crippen LogP contribution in [0.3, 0.4) is 0 Å². The molecule has 0 atom stereocenters. The lowest BCUT2D eigenvalue weighted by Crippen LogP contribution is -1.71. The summed E-state index contributed by atoms with van der Waals surface area (Å²) in [6.45, 7) is 2.31. The Hall–Kier alpha value is -0.200. The molecular formula is C4H7O2P. The van der Waals surface area contributed by atoms with E-state index in [1.54, 1.807) is 6.08 Å². The van der Waals surface area contributed by atoms with Crippen molar-refractivity contribution in [3.63, 3.8) is 0 Å². The summed E-state index contributed by atoms with van der Waals surface area (Å²) in [5.41, 5.74) is 0. The van der Waals surface area contributed by atoms with Gasteiger partial charge in [-0.1, -0.05) is 12.2 Å². The second kappa shape index (κ2) is 5.80. The molecule has 40 valence electrons. The first-order valence-electron chi connectivity index (χ1n) is 1.97. The molecule has 0 amide bonds. The van der Waals surface area contributed by atoms with Crippen molar-refractivity contribution in [2.45, 2.75) is 6.92 Å². The average molecular weight is 118 g/mol. The molecule has 0 aliphatic heterocycles. The fourth-order valence-corrected chi connectivity index (χ4v) is 0.317. The highest BCUT2D eigenvalue weighted by atomic mass is 31.1. The van der Waals surface area contributed by atoms with Crippen LogP contribution in [0.15, 0.2) is 12.2 Å². The molecule has 0 saturated carbocycles. The van der Waals surface area contributed by atoms with Gasteiger partial charge in [-0.05, 0) is 6.92 Å². The van der Waals surface area contributed by atoms with Gasteiger partial charge in [0.1, 0.15) is 0 Å². The fraction of sp³-hybridized carbons (Fsp3) is 0.500. The van der Waals surface area contributed by atoms with Crippen molar-refractivity contribution in [1.29, 1.82) is 0 Å². The van der Waals surface area contributed by atoms with Crippen molar-refractivity contribution in [3.05, 3.63) is 12.2 Å². The number of rotatable bonds is 3. The van der Waals surface area contributed by atoms with Crippen molar-refractivity contribution in [3.8, 4) is 0 Å². The van der Waals surface area contributed by atoms with Crippen LogP contribution in [0.25, 0.3) is 0 Å². The summed E-state index contributed by atoms with van der Waals surface area (Å²) in [7, 11) is -0.247. The minimum absolute atomic E-state index is 0.247. The highest BCUT2D eigenvalue weighted by Gasteiger charge is 1.71. The standard InChI is InChI=1S/C4H7O2P/c1-2-3-4-6-7-5/h2-3H,4H2,1H3. The zero-order valence-electron chi connectivity index (χ0n) is 4.13. The summed E-state index contributed by atoms with van der Waals surface area (Å²) in [4.78, 5) is 0. The van der Waals surface area contributed by atoms with E-state index in [1.165, 1.54) is 0 Å². The molecule has 0 radical (unpaired) electrons. The molecule has 2 nitrogen and oxygen atoms in total. The molecule has 0 spiro atoms. The molecule has 0 aromatic carbocycles. The zero-order valence-corrected chi connectivity index (χ0v) is 5.02. The summed E-state index contributed by atoms with van der Waals surface area (Å²) < 4.78 is 13.9. The van der Waals surface area contributed by atoms with Gasteiger partial charge in [0.2, 0.25) is 0 Å². The molecule has 7 heavy (non-hydrogen) atoms. The molecule has 0 fully saturated rings. The van der Waals surface area contributed by atoms with Crippen LogP contribution in [-0.4, -0.2) is 6.61 Å². The highest BCUT2D eigenvalue weighted by Crippen LogP contribution is 1.91.